The van der Waals surface area contributed by atoms with Crippen LogP contribution in [0.3, 0.4) is 0 Å². The molecule has 1 atom stereocenters. The molecule has 3 heterocycles. The number of rotatable bonds is 2. The Hall–Kier alpha value is -1.46. The second-order valence-electron chi connectivity index (χ2n) is 5.62. The molecule has 5 nitrogen and oxygen atoms in total. The van der Waals surface area contributed by atoms with Gasteiger partial charge in [0.15, 0.2) is 0 Å². The fourth-order valence-electron chi connectivity index (χ4n) is 3.00. The van der Waals surface area contributed by atoms with Crippen LogP contribution in [0.5, 0.6) is 0 Å². The van der Waals surface area contributed by atoms with E-state index in [1.54, 1.807) is 5.06 Å². The first-order valence-corrected chi connectivity index (χ1v) is 7.34. The van der Waals surface area contributed by atoms with Crippen molar-refractivity contribution < 1.29 is 9.63 Å². The Morgan fingerprint density at radius 1 is 1.35 bits per heavy atom. The van der Waals surface area contributed by atoms with Crippen molar-refractivity contribution in [3.63, 3.8) is 0 Å². The Morgan fingerprint density at radius 2 is 2.15 bits per heavy atom. The van der Waals surface area contributed by atoms with Crippen LogP contribution in [0.15, 0.2) is 18.5 Å². The normalized spacial score (nSPS) is 24.1. The number of nitrogens with zero attached hydrogens (tertiary/aromatic N) is 2. The van der Waals surface area contributed by atoms with E-state index in [4.69, 9.17) is 4.84 Å². The molecule has 0 aliphatic carbocycles. The van der Waals surface area contributed by atoms with Crippen molar-refractivity contribution in [2.24, 2.45) is 5.92 Å². The Labute approximate surface area is 119 Å². The zero-order chi connectivity index (χ0) is 13.9. The van der Waals surface area contributed by atoms with Crippen molar-refractivity contribution >= 4 is 5.91 Å². The number of nitrogens with one attached hydrogen (secondary N) is 1. The van der Waals surface area contributed by atoms with Gasteiger partial charge in [-0.15, -0.1) is 0 Å². The molecule has 0 saturated carbocycles. The van der Waals surface area contributed by atoms with E-state index in [1.165, 1.54) is 0 Å². The smallest absolute Gasteiger partial charge is 0.249 e. The molecule has 2 fully saturated rings. The van der Waals surface area contributed by atoms with E-state index in [0.717, 1.165) is 43.5 Å². The summed E-state index contributed by atoms with van der Waals surface area (Å²) < 4.78 is 0. The van der Waals surface area contributed by atoms with Crippen LogP contribution in [0.25, 0.3) is 0 Å². The van der Waals surface area contributed by atoms with Crippen LogP contribution in [-0.2, 0) is 9.63 Å². The number of hydrogen-bond acceptors (Lipinski definition) is 4. The van der Waals surface area contributed by atoms with Gasteiger partial charge in [-0.3, -0.25) is 14.6 Å². The Balaban J connectivity index is 1.76. The van der Waals surface area contributed by atoms with Crippen molar-refractivity contribution in [2.45, 2.75) is 32.2 Å². The third kappa shape index (κ3) is 2.69. The van der Waals surface area contributed by atoms with E-state index in [0.29, 0.717) is 6.61 Å². The quantitative estimate of drug-likeness (QED) is 0.890. The van der Waals surface area contributed by atoms with E-state index in [-0.39, 0.29) is 17.9 Å². The third-order valence-electron chi connectivity index (χ3n) is 4.09. The number of amides is 1. The fraction of sp³-hybridized carbons (Fsp3) is 0.600. The van der Waals surface area contributed by atoms with Gasteiger partial charge < -0.3 is 5.32 Å². The van der Waals surface area contributed by atoms with Gasteiger partial charge in [-0.25, -0.2) is 5.06 Å². The van der Waals surface area contributed by atoms with E-state index >= 15 is 0 Å². The van der Waals surface area contributed by atoms with Crippen LogP contribution in [0.4, 0.5) is 0 Å². The summed E-state index contributed by atoms with van der Waals surface area (Å²) in [6, 6.07) is 2.11. The number of aromatic nitrogens is 1. The maximum atomic E-state index is 12.6. The van der Waals surface area contributed by atoms with Crippen LogP contribution in [0.2, 0.25) is 0 Å². The molecule has 0 spiro atoms. The van der Waals surface area contributed by atoms with Crippen LogP contribution in [-0.4, -0.2) is 35.7 Å². The third-order valence-corrected chi connectivity index (χ3v) is 4.09. The lowest BCUT2D eigenvalue weighted by Crippen LogP contribution is -2.40. The predicted molar refractivity (Wildman–Crippen MR) is 74.7 cm³/mol. The van der Waals surface area contributed by atoms with E-state index < -0.39 is 0 Å². The van der Waals surface area contributed by atoms with Gasteiger partial charge in [0.25, 0.3) is 0 Å². The Bertz CT molecular complexity index is 486. The summed E-state index contributed by atoms with van der Waals surface area (Å²) in [4.78, 5) is 22.5. The summed E-state index contributed by atoms with van der Waals surface area (Å²) in [5.74, 6) is 0.227. The van der Waals surface area contributed by atoms with Crippen molar-refractivity contribution in [3.8, 4) is 0 Å². The van der Waals surface area contributed by atoms with Gasteiger partial charge in [0.2, 0.25) is 5.91 Å². The zero-order valence-electron chi connectivity index (χ0n) is 11.8. The Morgan fingerprint density at radius 3 is 2.90 bits per heavy atom. The summed E-state index contributed by atoms with van der Waals surface area (Å²) in [5.41, 5.74) is 2.19. The lowest BCUT2D eigenvalue weighted by Gasteiger charge is -2.29. The minimum absolute atomic E-state index is 0.0183. The number of carbonyl (C=O) groups is 1. The van der Waals surface area contributed by atoms with E-state index in [1.807, 2.05) is 19.3 Å². The van der Waals surface area contributed by atoms with Crippen LogP contribution in [0, 0.1) is 12.8 Å². The predicted octanol–water partition coefficient (Wildman–Crippen LogP) is 1.59. The minimum Gasteiger partial charge on any atom is -0.317 e. The van der Waals surface area contributed by atoms with Crippen molar-refractivity contribution in [1.82, 2.24) is 15.4 Å². The standard InChI is InChI=1S/C15H21N3O2/c1-11-8-13(10-17-9-11)14-4-7-20-18(14)15(19)12-2-5-16-6-3-12/h8-10,12,14,16H,2-7H2,1H3/t14-/m0/s1. The molecular formula is C15H21N3O2. The molecule has 5 heteroatoms. The van der Waals surface area contributed by atoms with Gasteiger partial charge in [-0.2, -0.15) is 0 Å². The summed E-state index contributed by atoms with van der Waals surface area (Å²) in [5, 5.41) is 4.89. The zero-order valence-corrected chi connectivity index (χ0v) is 11.8. The average Bonchev–Trinajstić information content (AvgIpc) is 2.97. The van der Waals surface area contributed by atoms with Crippen LogP contribution in [0.1, 0.15) is 36.4 Å². The minimum atomic E-state index is 0.0183. The second kappa shape index (κ2) is 5.89. The molecule has 2 saturated heterocycles. The number of pyridine rings is 1. The molecule has 3 rings (SSSR count). The molecule has 0 bridgehead atoms. The molecule has 108 valence electrons. The summed E-state index contributed by atoms with van der Waals surface area (Å²) in [6.45, 7) is 4.46. The van der Waals surface area contributed by atoms with Gasteiger partial charge in [-0.1, -0.05) is 6.07 Å². The number of piperidine rings is 1. The highest BCUT2D eigenvalue weighted by atomic mass is 16.7. The molecule has 2 aliphatic rings. The number of aryl methyl sites for hydroxylation is 1. The number of hydrogen-bond donors (Lipinski definition) is 1. The van der Waals surface area contributed by atoms with Crippen molar-refractivity contribution in [1.29, 1.82) is 0 Å². The van der Waals surface area contributed by atoms with Gasteiger partial charge in [0.1, 0.15) is 0 Å². The summed E-state index contributed by atoms with van der Waals surface area (Å²) >= 11 is 0. The first-order chi connectivity index (χ1) is 9.75. The molecule has 1 N–H and O–H groups in total. The first kappa shape index (κ1) is 13.5. The SMILES string of the molecule is Cc1cncc([C@@H]2CCON2C(=O)C2CCNCC2)c1. The van der Waals surface area contributed by atoms with Crippen LogP contribution >= 0.6 is 0 Å². The van der Waals surface area contributed by atoms with Gasteiger partial charge in [0.05, 0.1) is 12.6 Å². The highest BCUT2D eigenvalue weighted by molar-refractivity contribution is 5.78. The average molecular weight is 275 g/mol. The number of hydroxylamine groups is 2. The molecular weight excluding hydrogens is 254 g/mol. The molecule has 1 aromatic heterocycles. The van der Waals surface area contributed by atoms with Gasteiger partial charge in [-0.05, 0) is 44.0 Å². The molecule has 0 radical (unpaired) electrons. The molecule has 0 aromatic carbocycles. The topological polar surface area (TPSA) is 54.5 Å². The molecule has 1 aromatic rings. The summed E-state index contributed by atoms with van der Waals surface area (Å²) in [7, 11) is 0. The second-order valence-corrected chi connectivity index (χ2v) is 5.62. The molecule has 2 aliphatic heterocycles. The molecule has 1 amide bonds. The summed E-state index contributed by atoms with van der Waals surface area (Å²) in [6.07, 6.45) is 6.32. The highest BCUT2D eigenvalue weighted by Crippen LogP contribution is 2.32. The fourth-order valence-corrected chi connectivity index (χ4v) is 3.00. The van der Waals surface area contributed by atoms with Gasteiger partial charge >= 0.3 is 0 Å². The van der Waals surface area contributed by atoms with Crippen molar-refractivity contribution in [2.75, 3.05) is 19.7 Å². The molecule has 20 heavy (non-hydrogen) atoms. The maximum Gasteiger partial charge on any atom is 0.249 e. The highest BCUT2D eigenvalue weighted by Gasteiger charge is 2.36. The Kier molecular flexibility index (Phi) is 3.98. The number of carbonyl (C=O) groups excluding carboxylic acids is 1. The maximum absolute atomic E-state index is 12.6. The van der Waals surface area contributed by atoms with Gasteiger partial charge in [0, 0.05) is 24.7 Å². The van der Waals surface area contributed by atoms with Crippen molar-refractivity contribution in [3.05, 3.63) is 29.6 Å². The van der Waals surface area contributed by atoms with E-state index in [9.17, 15) is 4.79 Å². The lowest BCUT2D eigenvalue weighted by molar-refractivity contribution is -0.182. The van der Waals surface area contributed by atoms with Crippen LogP contribution < -0.4 is 5.32 Å². The first-order valence-electron chi connectivity index (χ1n) is 7.34. The largest absolute Gasteiger partial charge is 0.317 e. The van der Waals surface area contributed by atoms with E-state index in [2.05, 4.69) is 16.4 Å². The lowest BCUT2D eigenvalue weighted by atomic mass is 9.96. The molecule has 0 unspecified atom stereocenters. The monoisotopic (exact) mass is 275 g/mol.